The minimum absolute atomic E-state index is 0.359. The van der Waals surface area contributed by atoms with E-state index in [1.54, 1.807) is 10.9 Å². The van der Waals surface area contributed by atoms with Crippen molar-refractivity contribution >= 4 is 11.6 Å². The maximum Gasteiger partial charge on any atom is 0.108 e. The molecule has 1 N–H and O–H groups in total. The minimum Gasteiger partial charge on any atom is -0.384 e. The standard InChI is InChI=1S/C15H25ClN2O/c1-5-14(2,3)11-6-8-15(19,9-7-11)13-12(16)10-17-18(13)4/h10-11,19H,5-9H2,1-4H3. The van der Waals surface area contributed by atoms with Crippen molar-refractivity contribution in [2.45, 2.75) is 58.5 Å². The molecule has 19 heavy (non-hydrogen) atoms. The van der Waals surface area contributed by atoms with Gasteiger partial charge in [-0.1, -0.05) is 38.8 Å². The normalized spacial score (nSPS) is 28.6. The van der Waals surface area contributed by atoms with Crippen LogP contribution in [0.15, 0.2) is 6.20 Å². The van der Waals surface area contributed by atoms with Crippen LogP contribution in [-0.2, 0) is 12.6 Å². The van der Waals surface area contributed by atoms with Gasteiger partial charge in [0.1, 0.15) is 5.60 Å². The summed E-state index contributed by atoms with van der Waals surface area (Å²) < 4.78 is 1.72. The zero-order valence-electron chi connectivity index (χ0n) is 12.4. The van der Waals surface area contributed by atoms with Gasteiger partial charge in [-0.2, -0.15) is 5.10 Å². The molecular formula is C15H25ClN2O. The van der Waals surface area contributed by atoms with Crippen LogP contribution in [0, 0.1) is 11.3 Å². The van der Waals surface area contributed by atoms with Crippen molar-refractivity contribution in [2.24, 2.45) is 18.4 Å². The van der Waals surface area contributed by atoms with Crippen molar-refractivity contribution in [2.75, 3.05) is 0 Å². The van der Waals surface area contributed by atoms with Gasteiger partial charge < -0.3 is 5.11 Å². The van der Waals surface area contributed by atoms with Gasteiger partial charge in [-0.25, -0.2) is 0 Å². The molecule has 0 amide bonds. The zero-order valence-corrected chi connectivity index (χ0v) is 13.2. The Labute approximate surface area is 121 Å². The lowest BCUT2D eigenvalue weighted by molar-refractivity contribution is -0.0384. The molecule has 1 aromatic heterocycles. The fourth-order valence-electron chi connectivity index (χ4n) is 3.34. The largest absolute Gasteiger partial charge is 0.384 e. The summed E-state index contributed by atoms with van der Waals surface area (Å²) in [6.45, 7) is 6.91. The van der Waals surface area contributed by atoms with E-state index in [2.05, 4.69) is 25.9 Å². The molecule has 0 saturated heterocycles. The molecule has 0 spiro atoms. The molecule has 0 radical (unpaired) electrons. The third-order valence-corrected chi connectivity index (χ3v) is 5.44. The van der Waals surface area contributed by atoms with E-state index in [4.69, 9.17) is 11.6 Å². The Balaban J connectivity index is 2.15. The highest BCUT2D eigenvalue weighted by molar-refractivity contribution is 6.31. The molecule has 1 aromatic rings. The number of aryl methyl sites for hydroxylation is 1. The van der Waals surface area contributed by atoms with Crippen LogP contribution in [0.5, 0.6) is 0 Å². The highest BCUT2D eigenvalue weighted by atomic mass is 35.5. The molecule has 2 rings (SSSR count). The summed E-state index contributed by atoms with van der Waals surface area (Å²) in [6, 6.07) is 0. The average Bonchev–Trinajstić information content (AvgIpc) is 2.70. The molecule has 0 aromatic carbocycles. The van der Waals surface area contributed by atoms with E-state index in [-0.39, 0.29) is 0 Å². The van der Waals surface area contributed by atoms with Gasteiger partial charge in [0, 0.05) is 7.05 Å². The number of rotatable bonds is 3. The van der Waals surface area contributed by atoms with Gasteiger partial charge in [0.2, 0.25) is 0 Å². The van der Waals surface area contributed by atoms with Gasteiger partial charge >= 0.3 is 0 Å². The van der Waals surface area contributed by atoms with Crippen LogP contribution in [-0.4, -0.2) is 14.9 Å². The first kappa shape index (κ1) is 14.9. The summed E-state index contributed by atoms with van der Waals surface area (Å²) in [6.07, 6.45) is 6.47. The van der Waals surface area contributed by atoms with Crippen LogP contribution >= 0.6 is 11.6 Å². The summed E-state index contributed by atoms with van der Waals surface area (Å²) in [5.41, 5.74) is 0.335. The monoisotopic (exact) mass is 284 g/mol. The second-order valence-electron chi connectivity index (χ2n) is 6.61. The lowest BCUT2D eigenvalue weighted by Gasteiger charge is -2.42. The average molecular weight is 285 g/mol. The third-order valence-electron chi connectivity index (χ3n) is 5.16. The van der Waals surface area contributed by atoms with E-state index in [1.165, 1.54) is 6.42 Å². The molecule has 1 heterocycles. The number of hydrogen-bond acceptors (Lipinski definition) is 2. The van der Waals surface area contributed by atoms with E-state index in [0.717, 1.165) is 31.4 Å². The van der Waals surface area contributed by atoms with E-state index in [0.29, 0.717) is 16.4 Å². The third kappa shape index (κ3) is 2.68. The highest BCUT2D eigenvalue weighted by Crippen LogP contribution is 2.47. The molecule has 3 nitrogen and oxygen atoms in total. The number of hydrogen-bond donors (Lipinski definition) is 1. The number of nitrogens with zero attached hydrogens (tertiary/aromatic N) is 2. The van der Waals surface area contributed by atoms with E-state index < -0.39 is 5.60 Å². The highest BCUT2D eigenvalue weighted by Gasteiger charge is 2.41. The SMILES string of the molecule is CCC(C)(C)C1CCC(O)(c2c(Cl)cnn2C)CC1. The van der Waals surface area contributed by atoms with Gasteiger partial charge in [-0.15, -0.1) is 0 Å². The van der Waals surface area contributed by atoms with Crippen LogP contribution < -0.4 is 0 Å². The number of aromatic nitrogens is 2. The van der Waals surface area contributed by atoms with Crippen LogP contribution in [0.25, 0.3) is 0 Å². The molecule has 0 aliphatic heterocycles. The fourth-order valence-corrected chi connectivity index (χ4v) is 3.68. The quantitative estimate of drug-likeness (QED) is 0.914. The zero-order chi connectivity index (χ0) is 14.3. The second kappa shape index (κ2) is 5.10. The Morgan fingerprint density at radius 3 is 2.47 bits per heavy atom. The lowest BCUT2D eigenvalue weighted by Crippen LogP contribution is -2.37. The van der Waals surface area contributed by atoms with Crippen molar-refractivity contribution in [3.8, 4) is 0 Å². The predicted molar refractivity (Wildman–Crippen MR) is 78.1 cm³/mol. The van der Waals surface area contributed by atoms with Crippen LogP contribution in [0.3, 0.4) is 0 Å². The Kier molecular flexibility index (Phi) is 3.99. The molecule has 4 heteroatoms. The molecule has 108 valence electrons. The molecule has 0 unspecified atom stereocenters. The lowest BCUT2D eigenvalue weighted by atomic mass is 9.66. The smallest absolute Gasteiger partial charge is 0.108 e. The number of aliphatic hydroxyl groups is 1. The topological polar surface area (TPSA) is 38.1 Å². The molecular weight excluding hydrogens is 260 g/mol. The maximum absolute atomic E-state index is 10.9. The Morgan fingerprint density at radius 2 is 2.05 bits per heavy atom. The first-order valence-electron chi connectivity index (χ1n) is 7.20. The summed E-state index contributed by atoms with van der Waals surface area (Å²) in [5, 5.41) is 15.6. The Morgan fingerprint density at radius 1 is 1.47 bits per heavy atom. The van der Waals surface area contributed by atoms with Gasteiger partial charge in [-0.3, -0.25) is 4.68 Å². The summed E-state index contributed by atoms with van der Waals surface area (Å²) in [7, 11) is 1.85. The fraction of sp³-hybridized carbons (Fsp3) is 0.800. The summed E-state index contributed by atoms with van der Waals surface area (Å²) in [4.78, 5) is 0. The second-order valence-corrected chi connectivity index (χ2v) is 7.02. The van der Waals surface area contributed by atoms with Crippen molar-refractivity contribution in [1.82, 2.24) is 9.78 Å². The van der Waals surface area contributed by atoms with Crippen molar-refractivity contribution in [3.63, 3.8) is 0 Å². The maximum atomic E-state index is 10.9. The first-order chi connectivity index (χ1) is 8.80. The van der Waals surface area contributed by atoms with Gasteiger partial charge in [0.25, 0.3) is 0 Å². The Bertz CT molecular complexity index is 425. The molecule has 0 bridgehead atoms. The van der Waals surface area contributed by atoms with Crippen molar-refractivity contribution < 1.29 is 5.11 Å². The van der Waals surface area contributed by atoms with E-state index >= 15 is 0 Å². The summed E-state index contributed by atoms with van der Waals surface area (Å²) in [5.74, 6) is 0.685. The van der Waals surface area contributed by atoms with Gasteiger partial charge in [0.05, 0.1) is 16.9 Å². The molecule has 1 aliphatic rings. The predicted octanol–water partition coefficient (Wildman–Crippen LogP) is 3.89. The van der Waals surface area contributed by atoms with Crippen LogP contribution in [0.4, 0.5) is 0 Å². The summed E-state index contributed by atoms with van der Waals surface area (Å²) >= 11 is 6.18. The Hall–Kier alpha value is -0.540. The first-order valence-corrected chi connectivity index (χ1v) is 7.58. The molecule has 1 fully saturated rings. The minimum atomic E-state index is -0.803. The van der Waals surface area contributed by atoms with Crippen molar-refractivity contribution in [1.29, 1.82) is 0 Å². The molecule has 0 atom stereocenters. The van der Waals surface area contributed by atoms with Gasteiger partial charge in [0.15, 0.2) is 0 Å². The van der Waals surface area contributed by atoms with E-state index in [9.17, 15) is 5.11 Å². The molecule has 1 aliphatic carbocycles. The van der Waals surface area contributed by atoms with Crippen LogP contribution in [0.2, 0.25) is 5.02 Å². The number of halogens is 1. The van der Waals surface area contributed by atoms with Crippen molar-refractivity contribution in [3.05, 3.63) is 16.9 Å². The van der Waals surface area contributed by atoms with Gasteiger partial charge in [-0.05, 0) is 37.0 Å². The van der Waals surface area contributed by atoms with Crippen LogP contribution in [0.1, 0.15) is 58.6 Å². The van der Waals surface area contributed by atoms with E-state index in [1.807, 2.05) is 7.05 Å². The molecule has 1 saturated carbocycles.